The van der Waals surface area contributed by atoms with Crippen LogP contribution in [0.1, 0.15) is 10.4 Å². The topological polar surface area (TPSA) is 78.7 Å². The number of nitrogen functional groups attached to an aromatic ring is 1. The van der Waals surface area contributed by atoms with Crippen LogP contribution in [-0.4, -0.2) is 54.0 Å². The van der Waals surface area contributed by atoms with Crippen LogP contribution in [0.25, 0.3) is 0 Å². The lowest BCUT2D eigenvalue weighted by Gasteiger charge is -2.36. The Hall–Kier alpha value is -2.31. The minimum Gasteiger partial charge on any atom is -0.399 e. The highest BCUT2D eigenvalue weighted by molar-refractivity contribution is 5.95. The van der Waals surface area contributed by atoms with E-state index >= 15 is 0 Å². The molecule has 106 valence electrons. The first-order chi connectivity index (χ1) is 9.56. The third-order valence-corrected chi connectivity index (χ3v) is 3.74. The summed E-state index contributed by atoms with van der Waals surface area (Å²) < 4.78 is 13.7. The second kappa shape index (κ2) is 4.66. The molecule has 1 atom stereocenters. The molecular weight excluding hydrogens is 263 g/mol. The van der Waals surface area contributed by atoms with Gasteiger partial charge < -0.3 is 20.9 Å². The average molecular weight is 278 g/mol. The minimum atomic E-state index is -0.577. The number of nitrogens with zero attached hydrogens (tertiary/aromatic N) is 2. The molecule has 3 N–H and O–H groups in total. The number of rotatable bonds is 1. The van der Waals surface area contributed by atoms with Gasteiger partial charge in [0, 0.05) is 31.9 Å². The number of nitrogens with one attached hydrogen (secondary N) is 1. The molecule has 0 saturated carbocycles. The van der Waals surface area contributed by atoms with Gasteiger partial charge in [-0.25, -0.2) is 9.18 Å². The van der Waals surface area contributed by atoms with Gasteiger partial charge in [-0.05, 0) is 18.2 Å². The Kier molecular flexibility index (Phi) is 2.96. The number of fused-ring (bicyclic) bond motifs is 1. The Morgan fingerprint density at radius 3 is 3.00 bits per heavy atom. The van der Waals surface area contributed by atoms with Gasteiger partial charge in [-0.1, -0.05) is 0 Å². The molecule has 1 aromatic carbocycles. The van der Waals surface area contributed by atoms with Crippen LogP contribution >= 0.6 is 0 Å². The van der Waals surface area contributed by atoms with Crippen molar-refractivity contribution in [2.24, 2.45) is 0 Å². The number of carbonyl (C=O) groups is 2. The first-order valence-electron chi connectivity index (χ1n) is 6.45. The third kappa shape index (κ3) is 2.04. The summed E-state index contributed by atoms with van der Waals surface area (Å²) in [5, 5.41) is 2.74. The van der Waals surface area contributed by atoms with E-state index in [-0.39, 0.29) is 23.5 Å². The van der Waals surface area contributed by atoms with Gasteiger partial charge in [0.1, 0.15) is 5.82 Å². The Morgan fingerprint density at radius 1 is 1.40 bits per heavy atom. The molecule has 0 aliphatic carbocycles. The summed E-state index contributed by atoms with van der Waals surface area (Å²) in [6.07, 6.45) is 0. The van der Waals surface area contributed by atoms with Gasteiger partial charge in [-0.2, -0.15) is 0 Å². The van der Waals surface area contributed by atoms with Crippen molar-refractivity contribution in [2.75, 3.05) is 31.9 Å². The normalized spacial score (nSPS) is 21.6. The Morgan fingerprint density at radius 2 is 2.20 bits per heavy atom. The molecule has 1 aromatic rings. The molecular formula is C13H15FN4O2. The van der Waals surface area contributed by atoms with Crippen molar-refractivity contribution in [3.63, 3.8) is 0 Å². The van der Waals surface area contributed by atoms with Crippen molar-refractivity contribution in [1.82, 2.24) is 15.1 Å². The lowest BCUT2D eigenvalue weighted by atomic mass is 10.1. The lowest BCUT2D eigenvalue weighted by Crippen LogP contribution is -2.53. The largest absolute Gasteiger partial charge is 0.399 e. The van der Waals surface area contributed by atoms with Crippen LogP contribution in [0.5, 0.6) is 0 Å². The number of nitrogens with two attached hydrogens (primary N) is 1. The van der Waals surface area contributed by atoms with Crippen LogP contribution < -0.4 is 11.1 Å². The maximum absolute atomic E-state index is 13.7. The monoisotopic (exact) mass is 278 g/mol. The van der Waals surface area contributed by atoms with Crippen LogP contribution in [-0.2, 0) is 0 Å². The van der Waals surface area contributed by atoms with Crippen LogP contribution in [0.15, 0.2) is 18.2 Å². The predicted octanol–water partition coefficient (Wildman–Crippen LogP) is 0.258. The second-order valence-electron chi connectivity index (χ2n) is 5.02. The highest BCUT2D eigenvalue weighted by Crippen LogP contribution is 2.19. The number of carbonyl (C=O) groups excluding carboxylic acids is 2. The molecule has 0 aromatic heterocycles. The smallest absolute Gasteiger partial charge is 0.317 e. The summed E-state index contributed by atoms with van der Waals surface area (Å²) in [4.78, 5) is 27.1. The van der Waals surface area contributed by atoms with Gasteiger partial charge in [-0.3, -0.25) is 4.79 Å². The molecule has 2 heterocycles. The van der Waals surface area contributed by atoms with Gasteiger partial charge in [0.15, 0.2) is 0 Å². The molecule has 1 unspecified atom stereocenters. The SMILES string of the molecule is Nc1ccc(F)c(C(=O)N2CCN3C(=O)NCC3C2)c1. The van der Waals surface area contributed by atoms with Crippen molar-refractivity contribution in [3.8, 4) is 0 Å². The molecule has 2 saturated heterocycles. The molecule has 20 heavy (non-hydrogen) atoms. The number of hydrogen-bond acceptors (Lipinski definition) is 3. The van der Waals surface area contributed by atoms with Gasteiger partial charge in [-0.15, -0.1) is 0 Å². The Balaban J connectivity index is 1.78. The van der Waals surface area contributed by atoms with E-state index in [1.807, 2.05) is 0 Å². The molecule has 3 amide bonds. The quantitative estimate of drug-likeness (QED) is 0.723. The second-order valence-corrected chi connectivity index (χ2v) is 5.02. The van der Waals surface area contributed by atoms with E-state index in [0.29, 0.717) is 31.9 Å². The third-order valence-electron chi connectivity index (χ3n) is 3.74. The van der Waals surface area contributed by atoms with Gasteiger partial charge in [0.25, 0.3) is 5.91 Å². The summed E-state index contributed by atoms with van der Waals surface area (Å²) in [7, 11) is 0. The van der Waals surface area contributed by atoms with Crippen molar-refractivity contribution in [1.29, 1.82) is 0 Å². The average Bonchev–Trinajstić information content (AvgIpc) is 2.82. The number of piperazine rings is 1. The fourth-order valence-electron chi connectivity index (χ4n) is 2.67. The highest BCUT2D eigenvalue weighted by atomic mass is 19.1. The maximum Gasteiger partial charge on any atom is 0.317 e. The van der Waals surface area contributed by atoms with Gasteiger partial charge in [0.2, 0.25) is 0 Å². The maximum atomic E-state index is 13.7. The molecule has 7 heteroatoms. The van der Waals surface area contributed by atoms with Crippen molar-refractivity contribution < 1.29 is 14.0 Å². The highest BCUT2D eigenvalue weighted by Gasteiger charge is 2.37. The fraction of sp³-hybridized carbons (Fsp3) is 0.385. The van der Waals surface area contributed by atoms with Crippen molar-refractivity contribution in [3.05, 3.63) is 29.6 Å². The standard InChI is InChI=1S/C13H15FN4O2/c14-11-2-1-8(15)5-10(11)12(19)17-3-4-18-9(7-17)6-16-13(18)20/h1-2,5,9H,3-4,6-7,15H2,(H,16,20). The van der Waals surface area contributed by atoms with Crippen LogP contribution in [0.4, 0.5) is 14.9 Å². The van der Waals surface area contributed by atoms with Gasteiger partial charge in [0.05, 0.1) is 11.6 Å². The van der Waals surface area contributed by atoms with Crippen LogP contribution in [0, 0.1) is 5.82 Å². The van der Waals surface area contributed by atoms with E-state index in [9.17, 15) is 14.0 Å². The van der Waals surface area contributed by atoms with E-state index in [4.69, 9.17) is 5.73 Å². The number of hydrogen-bond donors (Lipinski definition) is 2. The van der Waals surface area contributed by atoms with Crippen LogP contribution in [0.3, 0.4) is 0 Å². The number of urea groups is 1. The lowest BCUT2D eigenvalue weighted by molar-refractivity contribution is 0.0612. The predicted molar refractivity (Wildman–Crippen MR) is 70.6 cm³/mol. The summed E-state index contributed by atoms with van der Waals surface area (Å²) in [5.74, 6) is -0.957. The summed E-state index contributed by atoms with van der Waals surface area (Å²) in [6.45, 7) is 1.79. The fourth-order valence-corrected chi connectivity index (χ4v) is 2.67. The number of halogens is 1. The molecule has 2 aliphatic rings. The zero-order chi connectivity index (χ0) is 14.3. The number of benzene rings is 1. The minimum absolute atomic E-state index is 0.0178. The van der Waals surface area contributed by atoms with E-state index in [2.05, 4.69) is 5.32 Å². The molecule has 2 fully saturated rings. The van der Waals surface area contributed by atoms with Crippen LogP contribution in [0.2, 0.25) is 0 Å². The summed E-state index contributed by atoms with van der Waals surface area (Å²) >= 11 is 0. The summed E-state index contributed by atoms with van der Waals surface area (Å²) in [6, 6.07) is 3.83. The van der Waals surface area contributed by atoms with E-state index in [0.717, 1.165) is 0 Å². The number of amides is 3. The van der Waals surface area contributed by atoms with E-state index < -0.39 is 5.82 Å². The van der Waals surface area contributed by atoms with Crippen molar-refractivity contribution in [2.45, 2.75) is 6.04 Å². The Bertz CT molecular complexity index is 577. The molecule has 0 spiro atoms. The summed E-state index contributed by atoms with van der Waals surface area (Å²) in [5.41, 5.74) is 5.93. The molecule has 6 nitrogen and oxygen atoms in total. The molecule has 0 bridgehead atoms. The van der Waals surface area contributed by atoms with Crippen molar-refractivity contribution >= 4 is 17.6 Å². The molecule has 0 radical (unpaired) electrons. The Labute approximate surface area is 115 Å². The first-order valence-corrected chi connectivity index (χ1v) is 6.45. The molecule has 3 rings (SSSR count). The zero-order valence-electron chi connectivity index (χ0n) is 10.8. The zero-order valence-corrected chi connectivity index (χ0v) is 10.8. The molecule has 2 aliphatic heterocycles. The van der Waals surface area contributed by atoms with E-state index in [1.54, 1.807) is 9.80 Å². The van der Waals surface area contributed by atoms with E-state index in [1.165, 1.54) is 18.2 Å². The van der Waals surface area contributed by atoms with Gasteiger partial charge >= 0.3 is 6.03 Å². The first kappa shape index (κ1) is 12.7. The number of anilines is 1.